The molecule has 4 heteroatoms. The molecule has 0 aromatic heterocycles. The summed E-state index contributed by atoms with van der Waals surface area (Å²) in [6, 6.07) is 11.9. The molecule has 0 aliphatic carbocycles. The molecule has 0 unspecified atom stereocenters. The van der Waals surface area contributed by atoms with E-state index in [0.29, 0.717) is 5.02 Å². The van der Waals surface area contributed by atoms with Crippen molar-refractivity contribution < 1.29 is 9.47 Å². The van der Waals surface area contributed by atoms with Gasteiger partial charge >= 0.3 is 0 Å². The fourth-order valence-electron chi connectivity index (χ4n) is 2.21. The van der Waals surface area contributed by atoms with E-state index in [1.165, 1.54) is 5.56 Å². The first kappa shape index (κ1) is 14.1. The van der Waals surface area contributed by atoms with Gasteiger partial charge in [0.1, 0.15) is 0 Å². The van der Waals surface area contributed by atoms with E-state index in [2.05, 4.69) is 32.2 Å². The Morgan fingerprint density at radius 2 is 1.76 bits per heavy atom. The Kier molecular flexibility index (Phi) is 3.46. The molecule has 1 heterocycles. The number of ether oxygens (including phenoxy) is 2. The molecule has 2 aromatic carbocycles. The predicted molar refractivity (Wildman–Crippen MR) is 86.0 cm³/mol. The highest BCUT2D eigenvalue weighted by Crippen LogP contribution is 2.36. The lowest BCUT2D eigenvalue weighted by Gasteiger charge is -2.20. The van der Waals surface area contributed by atoms with Gasteiger partial charge in [-0.05, 0) is 35.2 Å². The molecule has 0 bridgehead atoms. The summed E-state index contributed by atoms with van der Waals surface area (Å²) < 4.78 is 10.7. The van der Waals surface area contributed by atoms with Gasteiger partial charge in [-0.3, -0.25) is 0 Å². The minimum absolute atomic E-state index is 0.0842. The van der Waals surface area contributed by atoms with Crippen molar-refractivity contribution in [3.8, 4) is 11.5 Å². The standard InChI is InChI=1S/C17H18ClNO2/c1-17(2,3)11-4-6-14(13(18)8-11)19-12-5-7-15-16(9-12)21-10-20-15/h4-9,19H,10H2,1-3H3. The summed E-state index contributed by atoms with van der Waals surface area (Å²) >= 11 is 6.38. The van der Waals surface area contributed by atoms with E-state index in [-0.39, 0.29) is 12.2 Å². The zero-order valence-electron chi connectivity index (χ0n) is 12.4. The molecule has 0 saturated carbocycles. The van der Waals surface area contributed by atoms with Crippen LogP contribution in [-0.4, -0.2) is 6.79 Å². The summed E-state index contributed by atoms with van der Waals surface area (Å²) in [5.41, 5.74) is 3.10. The van der Waals surface area contributed by atoms with E-state index in [0.717, 1.165) is 22.9 Å². The number of fused-ring (bicyclic) bond motifs is 1. The lowest BCUT2D eigenvalue weighted by Crippen LogP contribution is -2.10. The van der Waals surface area contributed by atoms with Gasteiger partial charge in [-0.2, -0.15) is 0 Å². The van der Waals surface area contributed by atoms with E-state index in [4.69, 9.17) is 21.1 Å². The van der Waals surface area contributed by atoms with Gasteiger partial charge in [-0.15, -0.1) is 0 Å². The van der Waals surface area contributed by atoms with Crippen molar-refractivity contribution >= 4 is 23.0 Å². The van der Waals surface area contributed by atoms with Crippen LogP contribution in [-0.2, 0) is 5.41 Å². The molecule has 110 valence electrons. The van der Waals surface area contributed by atoms with Crippen LogP contribution in [0.1, 0.15) is 26.3 Å². The molecule has 0 spiro atoms. The number of nitrogens with one attached hydrogen (secondary N) is 1. The zero-order valence-corrected chi connectivity index (χ0v) is 13.1. The maximum atomic E-state index is 6.38. The molecule has 1 aliphatic heterocycles. The molecule has 0 atom stereocenters. The third-order valence-electron chi connectivity index (χ3n) is 3.49. The van der Waals surface area contributed by atoms with Crippen molar-refractivity contribution in [3.63, 3.8) is 0 Å². The van der Waals surface area contributed by atoms with Crippen molar-refractivity contribution in [2.75, 3.05) is 12.1 Å². The van der Waals surface area contributed by atoms with Gasteiger partial charge in [0.05, 0.1) is 10.7 Å². The van der Waals surface area contributed by atoms with Gasteiger partial charge < -0.3 is 14.8 Å². The van der Waals surface area contributed by atoms with Gasteiger partial charge in [0.15, 0.2) is 11.5 Å². The predicted octanol–water partition coefficient (Wildman–Crippen LogP) is 5.11. The van der Waals surface area contributed by atoms with Crippen molar-refractivity contribution in [2.45, 2.75) is 26.2 Å². The molecule has 0 amide bonds. The number of hydrogen-bond donors (Lipinski definition) is 1. The van der Waals surface area contributed by atoms with Gasteiger partial charge in [0.2, 0.25) is 6.79 Å². The van der Waals surface area contributed by atoms with Crippen LogP contribution in [0.3, 0.4) is 0 Å². The highest BCUT2D eigenvalue weighted by Gasteiger charge is 2.16. The minimum atomic E-state index is 0.0842. The van der Waals surface area contributed by atoms with E-state index >= 15 is 0 Å². The quantitative estimate of drug-likeness (QED) is 0.836. The second kappa shape index (κ2) is 5.15. The maximum Gasteiger partial charge on any atom is 0.231 e. The molecule has 1 aliphatic rings. The summed E-state index contributed by atoms with van der Waals surface area (Å²) in [4.78, 5) is 0. The maximum absolute atomic E-state index is 6.38. The molecule has 21 heavy (non-hydrogen) atoms. The Morgan fingerprint density at radius 1 is 1.00 bits per heavy atom. The number of rotatable bonds is 2. The molecule has 2 aromatic rings. The SMILES string of the molecule is CC(C)(C)c1ccc(Nc2ccc3c(c2)OCO3)c(Cl)c1. The smallest absolute Gasteiger partial charge is 0.231 e. The summed E-state index contributed by atoms with van der Waals surface area (Å²) in [5.74, 6) is 1.53. The van der Waals surface area contributed by atoms with Crippen LogP contribution in [0.4, 0.5) is 11.4 Å². The fourth-order valence-corrected chi connectivity index (χ4v) is 2.44. The van der Waals surface area contributed by atoms with Crippen LogP contribution in [0.25, 0.3) is 0 Å². The molecule has 3 nitrogen and oxygen atoms in total. The van der Waals surface area contributed by atoms with E-state index in [1.54, 1.807) is 0 Å². The van der Waals surface area contributed by atoms with E-state index in [1.807, 2.05) is 30.3 Å². The highest BCUT2D eigenvalue weighted by atomic mass is 35.5. The fraction of sp³-hybridized carbons (Fsp3) is 0.294. The van der Waals surface area contributed by atoms with Gasteiger partial charge in [-0.1, -0.05) is 38.4 Å². The molecular formula is C17H18ClNO2. The normalized spacial score (nSPS) is 13.3. The van der Waals surface area contributed by atoms with Crippen molar-refractivity contribution in [1.29, 1.82) is 0 Å². The summed E-state index contributed by atoms with van der Waals surface area (Å²) in [7, 11) is 0. The number of hydrogen-bond acceptors (Lipinski definition) is 3. The highest BCUT2D eigenvalue weighted by molar-refractivity contribution is 6.33. The van der Waals surface area contributed by atoms with E-state index < -0.39 is 0 Å². The number of anilines is 2. The Bertz CT molecular complexity index is 677. The Labute approximate surface area is 129 Å². The first-order valence-corrected chi connectivity index (χ1v) is 7.28. The summed E-state index contributed by atoms with van der Waals surface area (Å²) in [6.45, 7) is 6.79. The monoisotopic (exact) mass is 303 g/mol. The van der Waals surface area contributed by atoms with Crippen LogP contribution in [0, 0.1) is 0 Å². The molecule has 0 fully saturated rings. The van der Waals surface area contributed by atoms with Crippen LogP contribution in [0.2, 0.25) is 5.02 Å². The Hall–Kier alpha value is -1.87. The second-order valence-electron chi connectivity index (χ2n) is 6.14. The first-order valence-electron chi connectivity index (χ1n) is 6.90. The van der Waals surface area contributed by atoms with Crippen LogP contribution < -0.4 is 14.8 Å². The molecule has 0 radical (unpaired) electrons. The average Bonchev–Trinajstić information content (AvgIpc) is 2.87. The number of halogens is 1. The lowest BCUT2D eigenvalue weighted by molar-refractivity contribution is 0.174. The van der Waals surface area contributed by atoms with E-state index in [9.17, 15) is 0 Å². The Balaban J connectivity index is 1.85. The Morgan fingerprint density at radius 3 is 2.48 bits per heavy atom. The zero-order chi connectivity index (χ0) is 15.0. The molecule has 0 saturated heterocycles. The summed E-state index contributed by atoms with van der Waals surface area (Å²) in [5, 5.41) is 4.02. The summed E-state index contributed by atoms with van der Waals surface area (Å²) in [6.07, 6.45) is 0. The van der Waals surface area contributed by atoms with Crippen molar-refractivity contribution in [1.82, 2.24) is 0 Å². The molecule has 3 rings (SSSR count). The van der Waals surface area contributed by atoms with Crippen LogP contribution in [0.5, 0.6) is 11.5 Å². The first-order chi connectivity index (χ1) is 9.93. The van der Waals surface area contributed by atoms with Gasteiger partial charge in [0.25, 0.3) is 0 Å². The molecular weight excluding hydrogens is 286 g/mol. The lowest BCUT2D eigenvalue weighted by atomic mass is 9.87. The number of benzene rings is 2. The van der Waals surface area contributed by atoms with Crippen molar-refractivity contribution in [3.05, 3.63) is 47.0 Å². The third kappa shape index (κ3) is 2.93. The minimum Gasteiger partial charge on any atom is -0.454 e. The second-order valence-corrected chi connectivity index (χ2v) is 6.54. The largest absolute Gasteiger partial charge is 0.454 e. The van der Waals surface area contributed by atoms with Crippen LogP contribution >= 0.6 is 11.6 Å². The molecule has 1 N–H and O–H groups in total. The topological polar surface area (TPSA) is 30.5 Å². The van der Waals surface area contributed by atoms with Crippen LogP contribution in [0.15, 0.2) is 36.4 Å². The van der Waals surface area contributed by atoms with Crippen molar-refractivity contribution in [2.24, 2.45) is 0 Å². The average molecular weight is 304 g/mol. The van der Waals surface area contributed by atoms with Gasteiger partial charge in [0, 0.05) is 11.8 Å². The third-order valence-corrected chi connectivity index (χ3v) is 3.80. The van der Waals surface area contributed by atoms with Gasteiger partial charge in [-0.25, -0.2) is 0 Å².